The van der Waals surface area contributed by atoms with Gasteiger partial charge in [-0.3, -0.25) is 0 Å². The number of nitrogens with one attached hydrogen (secondary N) is 1. The van der Waals surface area contributed by atoms with Gasteiger partial charge in [-0.15, -0.1) is 0 Å². The molecule has 0 bridgehead atoms. The SMILES string of the molecule is [O-]C(N/C(=C/c1ccc(Cl)cc1)[P+](c1ccccc1)(c1ccccc1)c1ccccc1)c1ccccc1. The van der Waals surface area contributed by atoms with Crippen molar-refractivity contribution in [3.63, 3.8) is 0 Å². The minimum atomic E-state index is -2.50. The Balaban J connectivity index is 1.82. The highest BCUT2D eigenvalue weighted by Crippen LogP contribution is 2.62. The summed E-state index contributed by atoms with van der Waals surface area (Å²) >= 11 is 6.21. The van der Waals surface area contributed by atoms with E-state index in [9.17, 15) is 5.11 Å². The Bertz CT molecular complexity index is 1340. The molecule has 5 rings (SSSR count). The van der Waals surface area contributed by atoms with E-state index in [-0.39, 0.29) is 0 Å². The third-order valence-corrected chi connectivity index (χ3v) is 10.8. The van der Waals surface area contributed by atoms with Gasteiger partial charge in [0.05, 0.1) is 0 Å². The number of benzene rings is 5. The second kappa shape index (κ2) is 11.6. The molecule has 1 atom stereocenters. The van der Waals surface area contributed by atoms with Gasteiger partial charge in [-0.1, -0.05) is 109 Å². The van der Waals surface area contributed by atoms with E-state index in [2.05, 4.69) is 84.2 Å². The Hall–Kier alpha value is -3.68. The fourth-order valence-electron chi connectivity index (χ4n) is 4.62. The predicted molar refractivity (Wildman–Crippen MR) is 157 cm³/mol. The maximum atomic E-state index is 13.8. The van der Waals surface area contributed by atoms with E-state index in [1.165, 1.54) is 15.9 Å². The predicted octanol–water partition coefficient (Wildman–Crippen LogP) is 6.28. The summed E-state index contributed by atoms with van der Waals surface area (Å²) in [4.78, 5) is 0. The van der Waals surface area contributed by atoms with Gasteiger partial charge in [-0.2, -0.15) is 0 Å². The Morgan fingerprint density at radius 3 is 1.43 bits per heavy atom. The monoisotopic (exact) mass is 519 g/mol. The highest BCUT2D eigenvalue weighted by atomic mass is 35.5. The van der Waals surface area contributed by atoms with Gasteiger partial charge in [0.25, 0.3) is 0 Å². The summed E-state index contributed by atoms with van der Waals surface area (Å²) in [6, 6.07) is 48.8. The first kappa shape index (κ1) is 25.0. The largest absolute Gasteiger partial charge is 0.833 e. The highest BCUT2D eigenvalue weighted by molar-refractivity contribution is 7.99. The summed E-state index contributed by atoms with van der Waals surface area (Å²) < 4.78 is 0. The van der Waals surface area contributed by atoms with Crippen LogP contribution in [0.3, 0.4) is 0 Å². The molecule has 0 saturated heterocycles. The average Bonchev–Trinajstić information content (AvgIpc) is 2.97. The molecule has 37 heavy (non-hydrogen) atoms. The molecule has 182 valence electrons. The summed E-state index contributed by atoms with van der Waals surface area (Å²) in [5.41, 5.74) is 2.55. The maximum absolute atomic E-state index is 13.8. The molecule has 0 fully saturated rings. The topological polar surface area (TPSA) is 35.1 Å². The van der Waals surface area contributed by atoms with Gasteiger partial charge in [0.2, 0.25) is 0 Å². The Morgan fingerprint density at radius 1 is 0.595 bits per heavy atom. The lowest BCUT2D eigenvalue weighted by atomic mass is 10.2. The highest BCUT2D eigenvalue weighted by Gasteiger charge is 2.50. The molecular formula is C33H27ClNOP. The van der Waals surface area contributed by atoms with Gasteiger partial charge < -0.3 is 10.4 Å². The number of rotatable bonds is 8. The van der Waals surface area contributed by atoms with Crippen molar-refractivity contribution in [2.45, 2.75) is 6.23 Å². The van der Waals surface area contributed by atoms with E-state index in [1.54, 1.807) is 0 Å². The molecule has 4 heteroatoms. The second-order valence-electron chi connectivity index (χ2n) is 8.69. The van der Waals surface area contributed by atoms with Crippen LogP contribution in [-0.4, -0.2) is 0 Å². The van der Waals surface area contributed by atoms with Gasteiger partial charge >= 0.3 is 0 Å². The molecular weight excluding hydrogens is 493 g/mol. The molecule has 2 nitrogen and oxygen atoms in total. The van der Waals surface area contributed by atoms with Crippen LogP contribution < -0.4 is 26.3 Å². The van der Waals surface area contributed by atoms with Crippen molar-refractivity contribution >= 4 is 40.9 Å². The van der Waals surface area contributed by atoms with Crippen LogP contribution in [0.5, 0.6) is 0 Å². The van der Waals surface area contributed by atoms with Crippen LogP contribution in [0.15, 0.2) is 151 Å². The standard InChI is InChI=1S/C33H27ClNOP/c34-28-23-21-26(22-24-28)25-32(35-33(36)27-13-5-1-6-14-27)37(29-15-7-2-8-16-29,30-17-9-3-10-18-30)31-19-11-4-12-20-31/h1-25,33,35H/b32-25-. The number of hydrogen-bond acceptors (Lipinski definition) is 2. The normalized spacial score (nSPS) is 12.6. The maximum Gasteiger partial charge on any atom is 0.172 e. The molecule has 0 aliphatic rings. The molecule has 0 aliphatic carbocycles. The van der Waals surface area contributed by atoms with E-state index < -0.39 is 13.5 Å². The van der Waals surface area contributed by atoms with Crippen LogP contribution in [0, 0.1) is 0 Å². The smallest absolute Gasteiger partial charge is 0.172 e. The summed E-state index contributed by atoms with van der Waals surface area (Å²) in [7, 11) is -2.50. The minimum Gasteiger partial charge on any atom is -0.833 e. The molecule has 0 aromatic heterocycles. The number of halogens is 1. The molecule has 0 heterocycles. The Labute approximate surface area is 224 Å². The fraction of sp³-hybridized carbons (Fsp3) is 0.0303. The molecule has 0 amide bonds. The summed E-state index contributed by atoms with van der Waals surface area (Å²) in [6.07, 6.45) is 0.973. The quantitative estimate of drug-likeness (QED) is 0.193. The van der Waals surface area contributed by atoms with Crippen LogP contribution in [-0.2, 0) is 0 Å². The van der Waals surface area contributed by atoms with E-state index >= 15 is 0 Å². The zero-order valence-corrected chi connectivity index (χ0v) is 21.9. The second-order valence-corrected chi connectivity index (χ2v) is 12.5. The van der Waals surface area contributed by atoms with Crippen LogP contribution >= 0.6 is 18.9 Å². The summed E-state index contributed by atoms with van der Waals surface area (Å²) in [6.45, 7) is 0. The van der Waals surface area contributed by atoms with E-state index in [1.807, 2.05) is 72.8 Å². The minimum absolute atomic E-state index is 0.674. The Morgan fingerprint density at radius 2 is 1.00 bits per heavy atom. The van der Waals surface area contributed by atoms with Crippen molar-refractivity contribution in [1.29, 1.82) is 0 Å². The summed E-state index contributed by atoms with van der Waals surface area (Å²) in [5.74, 6) is 0. The third-order valence-electron chi connectivity index (χ3n) is 6.35. The van der Waals surface area contributed by atoms with E-state index in [0.29, 0.717) is 10.6 Å². The van der Waals surface area contributed by atoms with E-state index in [0.717, 1.165) is 11.0 Å². The van der Waals surface area contributed by atoms with E-state index in [4.69, 9.17) is 11.6 Å². The van der Waals surface area contributed by atoms with Crippen molar-refractivity contribution in [3.8, 4) is 0 Å². The van der Waals surface area contributed by atoms with Crippen molar-refractivity contribution in [1.82, 2.24) is 5.32 Å². The zero-order valence-electron chi connectivity index (χ0n) is 20.2. The third kappa shape index (κ3) is 5.38. The van der Waals surface area contributed by atoms with Crippen molar-refractivity contribution in [3.05, 3.63) is 167 Å². The summed E-state index contributed by atoms with van der Waals surface area (Å²) in [5, 5.41) is 21.4. The number of hydrogen-bond donors (Lipinski definition) is 1. The lowest BCUT2D eigenvalue weighted by Gasteiger charge is -2.34. The van der Waals surface area contributed by atoms with Crippen molar-refractivity contribution in [2.24, 2.45) is 0 Å². The average molecular weight is 520 g/mol. The first-order chi connectivity index (χ1) is 18.2. The molecule has 1 N–H and O–H groups in total. The van der Waals surface area contributed by atoms with Crippen LogP contribution in [0.25, 0.3) is 6.08 Å². The molecule has 0 spiro atoms. The Kier molecular flexibility index (Phi) is 7.82. The van der Waals surface area contributed by atoms with Gasteiger partial charge in [0.15, 0.2) is 12.7 Å². The lowest BCUT2D eigenvalue weighted by molar-refractivity contribution is -0.433. The fourth-order valence-corrected chi connectivity index (χ4v) is 8.98. The van der Waals surface area contributed by atoms with Gasteiger partial charge in [0.1, 0.15) is 15.9 Å². The molecule has 5 aromatic rings. The van der Waals surface area contributed by atoms with Crippen LogP contribution in [0.4, 0.5) is 0 Å². The molecule has 0 saturated carbocycles. The first-order valence-electron chi connectivity index (χ1n) is 12.2. The lowest BCUT2D eigenvalue weighted by Crippen LogP contribution is -2.40. The van der Waals surface area contributed by atoms with Crippen molar-refractivity contribution < 1.29 is 5.11 Å². The zero-order chi connectivity index (χ0) is 25.5. The first-order valence-corrected chi connectivity index (χ1v) is 14.4. The van der Waals surface area contributed by atoms with Gasteiger partial charge in [0, 0.05) is 11.1 Å². The molecule has 0 radical (unpaired) electrons. The molecule has 0 aliphatic heterocycles. The van der Waals surface area contributed by atoms with Crippen molar-refractivity contribution in [2.75, 3.05) is 0 Å². The van der Waals surface area contributed by atoms with Gasteiger partial charge in [-0.05, 0) is 65.9 Å². The van der Waals surface area contributed by atoms with Crippen LogP contribution in [0.2, 0.25) is 5.02 Å². The molecule has 5 aromatic carbocycles. The van der Waals surface area contributed by atoms with Gasteiger partial charge in [-0.25, -0.2) is 0 Å². The molecule has 1 unspecified atom stereocenters. The van der Waals surface area contributed by atoms with Crippen LogP contribution in [0.1, 0.15) is 17.4 Å².